The van der Waals surface area contributed by atoms with Gasteiger partial charge in [0.25, 0.3) is 0 Å². The zero-order valence-electron chi connectivity index (χ0n) is 24.8. The molecule has 0 saturated heterocycles. The number of methoxy groups -OCH3 is 1. The van der Waals surface area contributed by atoms with Crippen LogP contribution >= 0.6 is 11.3 Å². The number of amides is 2. The first-order chi connectivity index (χ1) is 20.0. The van der Waals surface area contributed by atoms with E-state index in [1.165, 1.54) is 17.6 Å². The SMILES string of the molecule is CCOC(CN(C(=O)Nc1nc2c(s1)CCN(Cc1ccccc1)CC2)C1CCC(CCC(=O)OC)CC1)OCC. The van der Waals surface area contributed by atoms with Gasteiger partial charge in [0.1, 0.15) is 0 Å². The number of anilines is 1. The third-order valence-corrected chi connectivity index (χ3v) is 9.19. The average Bonchev–Trinajstić information content (AvgIpc) is 3.28. The lowest BCUT2D eigenvalue weighted by Crippen LogP contribution is -2.49. The first-order valence-corrected chi connectivity index (χ1v) is 15.9. The highest BCUT2D eigenvalue weighted by Crippen LogP contribution is 2.32. The molecule has 2 heterocycles. The maximum absolute atomic E-state index is 13.7. The lowest BCUT2D eigenvalue weighted by Gasteiger charge is -2.38. The van der Waals surface area contributed by atoms with Crippen LogP contribution in [0.1, 0.15) is 68.5 Å². The fourth-order valence-electron chi connectivity index (χ4n) is 5.88. The van der Waals surface area contributed by atoms with E-state index in [2.05, 4.69) is 40.5 Å². The van der Waals surface area contributed by atoms with E-state index in [1.54, 1.807) is 11.3 Å². The number of carbonyl (C=O) groups excluding carboxylic acids is 2. The Balaban J connectivity index is 1.37. The van der Waals surface area contributed by atoms with Crippen molar-refractivity contribution in [3.05, 3.63) is 46.5 Å². The summed E-state index contributed by atoms with van der Waals surface area (Å²) in [5, 5.41) is 3.79. The number of rotatable bonds is 13. The molecule has 1 N–H and O–H groups in total. The molecule has 0 radical (unpaired) electrons. The van der Waals surface area contributed by atoms with Gasteiger partial charge in [-0.1, -0.05) is 30.3 Å². The average molecular weight is 587 g/mol. The summed E-state index contributed by atoms with van der Waals surface area (Å²) >= 11 is 1.60. The zero-order chi connectivity index (χ0) is 29.0. The largest absolute Gasteiger partial charge is 0.469 e. The minimum Gasteiger partial charge on any atom is -0.469 e. The fraction of sp³-hybridized carbons (Fsp3) is 0.645. The van der Waals surface area contributed by atoms with Gasteiger partial charge in [-0.15, -0.1) is 11.3 Å². The fourth-order valence-corrected chi connectivity index (χ4v) is 6.87. The van der Waals surface area contributed by atoms with Gasteiger partial charge in [0, 0.05) is 56.6 Å². The molecule has 4 rings (SSSR count). The van der Waals surface area contributed by atoms with Crippen molar-refractivity contribution in [2.75, 3.05) is 45.3 Å². The van der Waals surface area contributed by atoms with Gasteiger partial charge >= 0.3 is 12.0 Å². The van der Waals surface area contributed by atoms with Crippen LogP contribution in [0.15, 0.2) is 30.3 Å². The molecule has 1 aromatic carbocycles. The number of benzene rings is 1. The Kier molecular flexibility index (Phi) is 12.4. The summed E-state index contributed by atoms with van der Waals surface area (Å²) in [4.78, 5) is 35.8. The minimum atomic E-state index is -0.476. The van der Waals surface area contributed by atoms with Crippen LogP contribution in [0, 0.1) is 5.92 Å². The number of thiazole rings is 1. The number of hydrogen-bond donors (Lipinski definition) is 1. The first-order valence-electron chi connectivity index (χ1n) is 15.1. The van der Waals surface area contributed by atoms with Gasteiger partial charge in [-0.2, -0.15) is 0 Å². The topological polar surface area (TPSA) is 93.2 Å². The maximum atomic E-state index is 13.7. The van der Waals surface area contributed by atoms with Crippen molar-refractivity contribution in [2.24, 2.45) is 5.92 Å². The van der Waals surface area contributed by atoms with Crippen LogP contribution in [0.5, 0.6) is 0 Å². The van der Waals surface area contributed by atoms with Gasteiger partial charge < -0.3 is 19.1 Å². The molecule has 0 bridgehead atoms. The molecule has 2 amide bonds. The summed E-state index contributed by atoms with van der Waals surface area (Å²) in [7, 11) is 1.43. The van der Waals surface area contributed by atoms with E-state index in [9.17, 15) is 9.59 Å². The third kappa shape index (κ3) is 9.49. The van der Waals surface area contributed by atoms with Gasteiger partial charge in [0.15, 0.2) is 11.4 Å². The van der Waals surface area contributed by atoms with E-state index in [4.69, 9.17) is 19.2 Å². The van der Waals surface area contributed by atoms with Crippen molar-refractivity contribution in [1.82, 2.24) is 14.8 Å². The lowest BCUT2D eigenvalue weighted by molar-refractivity contribution is -0.146. The van der Waals surface area contributed by atoms with Crippen LogP contribution in [0.2, 0.25) is 0 Å². The Labute approximate surface area is 248 Å². The van der Waals surface area contributed by atoms with E-state index in [0.717, 1.165) is 70.3 Å². The van der Waals surface area contributed by atoms with Crippen molar-refractivity contribution in [2.45, 2.75) is 84.1 Å². The molecule has 1 fully saturated rings. The van der Waals surface area contributed by atoms with Crippen LogP contribution in [0.25, 0.3) is 0 Å². The van der Waals surface area contributed by atoms with Gasteiger partial charge in [-0.25, -0.2) is 9.78 Å². The molecule has 1 saturated carbocycles. The number of nitrogens with zero attached hydrogens (tertiary/aromatic N) is 3. The summed E-state index contributed by atoms with van der Waals surface area (Å²) < 4.78 is 16.5. The van der Waals surface area contributed by atoms with E-state index >= 15 is 0 Å². The number of esters is 1. The van der Waals surface area contributed by atoms with Crippen molar-refractivity contribution in [3.63, 3.8) is 0 Å². The molecule has 2 aliphatic rings. The number of hydrogen-bond acceptors (Lipinski definition) is 8. The number of urea groups is 1. The Hall–Kier alpha value is -2.53. The van der Waals surface area contributed by atoms with Crippen LogP contribution in [0.3, 0.4) is 0 Å². The van der Waals surface area contributed by atoms with E-state index in [-0.39, 0.29) is 18.0 Å². The van der Waals surface area contributed by atoms with Crippen molar-refractivity contribution in [3.8, 4) is 0 Å². The van der Waals surface area contributed by atoms with Crippen LogP contribution in [-0.4, -0.2) is 79.1 Å². The summed E-state index contributed by atoms with van der Waals surface area (Å²) in [5.41, 5.74) is 2.42. The van der Waals surface area contributed by atoms with Crippen LogP contribution < -0.4 is 5.32 Å². The third-order valence-electron chi connectivity index (χ3n) is 8.11. The van der Waals surface area contributed by atoms with E-state index in [1.807, 2.05) is 18.7 Å². The number of fused-ring (bicyclic) bond motifs is 1. The molecule has 0 spiro atoms. The second kappa shape index (κ2) is 16.2. The Morgan fingerprint density at radius 1 is 1.07 bits per heavy atom. The molecular formula is C31H46N4O5S. The van der Waals surface area contributed by atoms with Crippen molar-refractivity contribution >= 4 is 28.5 Å². The lowest BCUT2D eigenvalue weighted by atomic mass is 9.83. The number of aromatic nitrogens is 1. The van der Waals surface area contributed by atoms with Crippen molar-refractivity contribution < 1.29 is 23.8 Å². The molecule has 9 nitrogen and oxygen atoms in total. The molecule has 1 aromatic heterocycles. The normalized spacial score (nSPS) is 19.4. The van der Waals surface area contributed by atoms with Crippen LogP contribution in [0.4, 0.5) is 9.93 Å². The predicted octanol–water partition coefficient (Wildman–Crippen LogP) is 5.49. The zero-order valence-corrected chi connectivity index (χ0v) is 25.6. The molecule has 0 unspecified atom stereocenters. The quantitative estimate of drug-likeness (QED) is 0.245. The summed E-state index contributed by atoms with van der Waals surface area (Å²) in [6.45, 7) is 8.15. The number of carbonyl (C=O) groups is 2. The van der Waals surface area contributed by atoms with E-state index in [0.29, 0.717) is 37.2 Å². The molecule has 0 atom stereocenters. The molecule has 226 valence electrons. The molecule has 41 heavy (non-hydrogen) atoms. The van der Waals surface area contributed by atoms with Gasteiger partial charge in [-0.3, -0.25) is 15.0 Å². The van der Waals surface area contributed by atoms with Gasteiger partial charge in [0.2, 0.25) is 0 Å². The molecular weight excluding hydrogens is 540 g/mol. The van der Waals surface area contributed by atoms with Gasteiger partial charge in [-0.05, 0) is 63.9 Å². The molecule has 2 aromatic rings. The molecule has 1 aliphatic carbocycles. The monoisotopic (exact) mass is 586 g/mol. The number of nitrogens with one attached hydrogen (secondary N) is 1. The standard InChI is InChI=1S/C31H46N4O5S/c1-4-39-29(40-5-2)22-35(25-14-11-23(12-15-25)13-16-28(36)38-3)31(37)33-30-32-26-17-19-34(20-18-27(26)41-30)21-24-9-7-6-8-10-24/h6-10,23,25,29H,4-5,11-22H2,1-3H3,(H,32,33,37). The second-order valence-electron chi connectivity index (χ2n) is 10.9. The summed E-state index contributed by atoms with van der Waals surface area (Å²) in [6.07, 6.45) is 6.35. The highest BCUT2D eigenvalue weighted by atomic mass is 32.1. The predicted molar refractivity (Wildman–Crippen MR) is 161 cm³/mol. The highest BCUT2D eigenvalue weighted by molar-refractivity contribution is 7.15. The summed E-state index contributed by atoms with van der Waals surface area (Å²) in [6, 6.07) is 10.5. The maximum Gasteiger partial charge on any atom is 0.324 e. The Morgan fingerprint density at radius 3 is 2.46 bits per heavy atom. The Bertz CT molecular complexity index is 1060. The minimum absolute atomic E-state index is 0.0807. The molecule has 1 aliphatic heterocycles. The summed E-state index contributed by atoms with van der Waals surface area (Å²) in [5.74, 6) is 0.316. The molecule has 10 heteroatoms. The van der Waals surface area contributed by atoms with Crippen LogP contribution in [-0.2, 0) is 38.4 Å². The second-order valence-corrected chi connectivity index (χ2v) is 11.9. The Morgan fingerprint density at radius 2 is 1.78 bits per heavy atom. The van der Waals surface area contributed by atoms with E-state index < -0.39 is 6.29 Å². The highest BCUT2D eigenvalue weighted by Gasteiger charge is 2.32. The first kappa shape index (κ1) is 31.4. The van der Waals surface area contributed by atoms with Crippen molar-refractivity contribution in [1.29, 1.82) is 0 Å². The smallest absolute Gasteiger partial charge is 0.324 e. The number of ether oxygens (including phenoxy) is 3. The van der Waals surface area contributed by atoms with Gasteiger partial charge in [0.05, 0.1) is 19.3 Å².